The maximum Gasteiger partial charge on any atom is 0.240 e. The molecule has 0 aliphatic heterocycles. The van der Waals surface area contributed by atoms with Crippen LogP contribution in [0.5, 0.6) is 0 Å². The number of hydrogen-bond acceptors (Lipinski definition) is 2. The molecule has 0 saturated carbocycles. The van der Waals surface area contributed by atoms with E-state index in [1.807, 2.05) is 0 Å². The Morgan fingerprint density at radius 1 is 1.21 bits per heavy atom. The molecule has 3 nitrogen and oxygen atoms in total. The number of benzene rings is 1. The minimum Gasteiger partial charge on any atom is -0.209 e. The van der Waals surface area contributed by atoms with E-state index in [1.54, 1.807) is 13.8 Å². The van der Waals surface area contributed by atoms with Gasteiger partial charge in [0.25, 0.3) is 0 Å². The molecule has 0 amide bonds. The van der Waals surface area contributed by atoms with Gasteiger partial charge in [0.1, 0.15) is 5.82 Å². The van der Waals surface area contributed by atoms with E-state index in [9.17, 15) is 12.8 Å². The highest BCUT2D eigenvalue weighted by atomic mass is 32.2. The van der Waals surface area contributed by atoms with Crippen LogP contribution in [0.25, 0.3) is 0 Å². The summed E-state index contributed by atoms with van der Waals surface area (Å²) in [4.78, 5) is 0.0765. The quantitative estimate of drug-likeness (QED) is 0.834. The van der Waals surface area contributed by atoms with Gasteiger partial charge >= 0.3 is 0 Å². The van der Waals surface area contributed by atoms with Crippen LogP contribution in [0.3, 0.4) is 0 Å². The second-order valence-corrected chi connectivity index (χ2v) is 4.94. The molecule has 0 aromatic heterocycles. The number of halogens is 1. The largest absolute Gasteiger partial charge is 0.240 e. The zero-order chi connectivity index (χ0) is 10.8. The van der Waals surface area contributed by atoms with Crippen LogP contribution in [0.2, 0.25) is 0 Å². The van der Waals surface area contributed by atoms with Gasteiger partial charge in [-0.2, -0.15) is 0 Å². The lowest BCUT2D eigenvalue weighted by Crippen LogP contribution is -2.30. The summed E-state index contributed by atoms with van der Waals surface area (Å²) in [6.07, 6.45) is 0. The van der Waals surface area contributed by atoms with Crippen molar-refractivity contribution in [2.45, 2.75) is 24.8 Å². The summed E-state index contributed by atoms with van der Waals surface area (Å²) >= 11 is 0. The van der Waals surface area contributed by atoms with Crippen molar-refractivity contribution >= 4 is 10.0 Å². The van der Waals surface area contributed by atoms with Gasteiger partial charge in [-0.15, -0.1) is 0 Å². The minimum absolute atomic E-state index is 0.0765. The Kier molecular flexibility index (Phi) is 3.23. The first-order valence-corrected chi connectivity index (χ1v) is 5.68. The molecule has 0 atom stereocenters. The van der Waals surface area contributed by atoms with E-state index in [-0.39, 0.29) is 10.9 Å². The molecule has 0 bridgehead atoms. The van der Waals surface area contributed by atoms with Gasteiger partial charge in [-0.1, -0.05) is 0 Å². The Hall–Kier alpha value is -0.940. The first-order valence-electron chi connectivity index (χ1n) is 4.20. The van der Waals surface area contributed by atoms with Gasteiger partial charge in [0.2, 0.25) is 10.0 Å². The van der Waals surface area contributed by atoms with Crippen molar-refractivity contribution in [2.75, 3.05) is 0 Å². The zero-order valence-electron chi connectivity index (χ0n) is 7.99. The number of rotatable bonds is 3. The summed E-state index contributed by atoms with van der Waals surface area (Å²) < 4.78 is 38.0. The molecule has 5 heteroatoms. The molecule has 1 N–H and O–H groups in total. The first kappa shape index (κ1) is 11.1. The highest BCUT2D eigenvalue weighted by Crippen LogP contribution is 2.09. The SMILES string of the molecule is CC(C)NS(=O)(=O)c1ccc(F)cc1. The summed E-state index contributed by atoms with van der Waals surface area (Å²) in [5.74, 6) is -0.450. The molecular formula is C9H12FNO2S. The van der Waals surface area contributed by atoms with Gasteiger partial charge in [-0.3, -0.25) is 0 Å². The van der Waals surface area contributed by atoms with E-state index in [1.165, 1.54) is 12.1 Å². The molecule has 0 unspecified atom stereocenters. The normalized spacial score (nSPS) is 12.0. The van der Waals surface area contributed by atoms with Crippen molar-refractivity contribution in [3.63, 3.8) is 0 Å². The summed E-state index contributed by atoms with van der Waals surface area (Å²) in [6, 6.07) is 4.54. The standard InChI is InChI=1S/C9H12FNO2S/c1-7(2)11-14(12,13)9-5-3-8(10)4-6-9/h3-7,11H,1-2H3. The maximum atomic E-state index is 12.5. The van der Waals surface area contributed by atoms with E-state index in [0.717, 1.165) is 12.1 Å². The van der Waals surface area contributed by atoms with E-state index >= 15 is 0 Å². The highest BCUT2D eigenvalue weighted by Gasteiger charge is 2.14. The van der Waals surface area contributed by atoms with E-state index < -0.39 is 15.8 Å². The van der Waals surface area contributed by atoms with Crippen molar-refractivity contribution in [2.24, 2.45) is 0 Å². The van der Waals surface area contributed by atoms with Gasteiger partial charge in [0, 0.05) is 6.04 Å². The molecule has 0 fully saturated rings. The minimum atomic E-state index is -3.49. The summed E-state index contributed by atoms with van der Waals surface area (Å²) in [5.41, 5.74) is 0. The molecule has 14 heavy (non-hydrogen) atoms. The maximum absolute atomic E-state index is 12.5. The third kappa shape index (κ3) is 2.78. The summed E-state index contributed by atoms with van der Waals surface area (Å²) in [5, 5.41) is 0. The van der Waals surface area contributed by atoms with Gasteiger partial charge in [0.15, 0.2) is 0 Å². The van der Waals surface area contributed by atoms with Crippen molar-refractivity contribution in [3.05, 3.63) is 30.1 Å². The lowest BCUT2D eigenvalue weighted by molar-refractivity contribution is 0.569. The van der Waals surface area contributed by atoms with E-state index in [4.69, 9.17) is 0 Å². The monoisotopic (exact) mass is 217 g/mol. The molecule has 0 spiro atoms. The van der Waals surface area contributed by atoms with Crippen LogP contribution in [0.15, 0.2) is 29.2 Å². The fourth-order valence-corrected chi connectivity index (χ4v) is 2.24. The number of hydrogen-bond donors (Lipinski definition) is 1. The number of nitrogens with one attached hydrogen (secondary N) is 1. The van der Waals surface area contributed by atoms with Crippen molar-refractivity contribution in [1.29, 1.82) is 0 Å². The van der Waals surface area contributed by atoms with Crippen LogP contribution >= 0.6 is 0 Å². The van der Waals surface area contributed by atoms with Crippen molar-refractivity contribution < 1.29 is 12.8 Å². The Morgan fingerprint density at radius 3 is 2.14 bits per heavy atom. The van der Waals surface area contributed by atoms with Gasteiger partial charge in [-0.05, 0) is 38.1 Å². The van der Waals surface area contributed by atoms with Crippen LogP contribution in [0, 0.1) is 5.82 Å². The molecule has 1 rings (SSSR count). The topological polar surface area (TPSA) is 46.2 Å². The average Bonchev–Trinajstić information content (AvgIpc) is 2.02. The second-order valence-electron chi connectivity index (χ2n) is 3.23. The molecule has 0 saturated heterocycles. The predicted octanol–water partition coefficient (Wildman–Crippen LogP) is 1.51. The summed E-state index contributed by atoms with van der Waals surface area (Å²) in [6.45, 7) is 3.45. The Labute approximate surface area is 83.0 Å². The smallest absolute Gasteiger partial charge is 0.209 e. The third-order valence-corrected chi connectivity index (χ3v) is 3.19. The second kappa shape index (κ2) is 4.06. The third-order valence-electron chi connectivity index (χ3n) is 1.51. The fraction of sp³-hybridized carbons (Fsp3) is 0.333. The highest BCUT2D eigenvalue weighted by molar-refractivity contribution is 7.89. The lowest BCUT2D eigenvalue weighted by Gasteiger charge is -2.08. The van der Waals surface area contributed by atoms with Crippen molar-refractivity contribution in [3.8, 4) is 0 Å². The number of sulfonamides is 1. The molecule has 0 radical (unpaired) electrons. The predicted molar refractivity (Wildman–Crippen MR) is 51.9 cm³/mol. The van der Waals surface area contributed by atoms with Crippen LogP contribution in [0.1, 0.15) is 13.8 Å². The molecule has 0 aliphatic carbocycles. The first-order chi connectivity index (χ1) is 6.42. The Morgan fingerprint density at radius 2 is 1.71 bits per heavy atom. The molecular weight excluding hydrogens is 205 g/mol. The summed E-state index contributed by atoms with van der Waals surface area (Å²) in [7, 11) is -3.49. The molecule has 78 valence electrons. The van der Waals surface area contributed by atoms with Crippen LogP contribution in [-0.2, 0) is 10.0 Å². The average molecular weight is 217 g/mol. The molecule has 0 heterocycles. The Balaban J connectivity index is 2.99. The lowest BCUT2D eigenvalue weighted by atomic mass is 10.4. The fourth-order valence-electron chi connectivity index (χ4n) is 0.992. The Bertz CT molecular complexity index is 397. The van der Waals surface area contributed by atoms with Gasteiger partial charge in [0.05, 0.1) is 4.90 Å². The van der Waals surface area contributed by atoms with Crippen LogP contribution in [-0.4, -0.2) is 14.5 Å². The van der Waals surface area contributed by atoms with Crippen LogP contribution in [0.4, 0.5) is 4.39 Å². The molecule has 0 aliphatic rings. The van der Waals surface area contributed by atoms with E-state index in [0.29, 0.717) is 0 Å². The van der Waals surface area contributed by atoms with Gasteiger partial charge < -0.3 is 0 Å². The zero-order valence-corrected chi connectivity index (χ0v) is 8.81. The van der Waals surface area contributed by atoms with Crippen molar-refractivity contribution in [1.82, 2.24) is 4.72 Å². The van der Waals surface area contributed by atoms with Gasteiger partial charge in [-0.25, -0.2) is 17.5 Å². The van der Waals surface area contributed by atoms with E-state index in [2.05, 4.69) is 4.72 Å². The molecule has 1 aromatic carbocycles. The molecule has 1 aromatic rings. The van der Waals surface area contributed by atoms with Crippen LogP contribution < -0.4 is 4.72 Å².